The topological polar surface area (TPSA) is 67.3 Å². The first-order chi connectivity index (χ1) is 12.2. The number of likely N-dealkylation sites (tertiary alicyclic amines) is 1. The van der Waals surface area contributed by atoms with Crippen LogP contribution in [0.1, 0.15) is 24.1 Å². The van der Waals surface area contributed by atoms with E-state index in [0.717, 1.165) is 31.5 Å². The van der Waals surface area contributed by atoms with Gasteiger partial charge in [0.15, 0.2) is 0 Å². The molecule has 3 rings (SSSR count). The summed E-state index contributed by atoms with van der Waals surface area (Å²) in [5.74, 6) is 0.516. The molecule has 2 heterocycles. The summed E-state index contributed by atoms with van der Waals surface area (Å²) in [5.41, 5.74) is 2.08. The maximum atomic E-state index is 12.4. The molecule has 1 fully saturated rings. The minimum absolute atomic E-state index is 0.0285. The standard InChI is InChI=1S/C19H24N4O2/c1-15-9-10-18(22-21-15)25-17-8-5-13-23(14-17)19(24)20-12-11-16-6-3-2-4-7-16/h2-4,6-7,9-10,17H,5,8,11-14H2,1H3,(H,20,24)/t17-/m1/s1. The highest BCUT2D eigenvalue weighted by molar-refractivity contribution is 5.74. The Kier molecular flexibility index (Phi) is 5.82. The van der Waals surface area contributed by atoms with Crippen molar-refractivity contribution < 1.29 is 9.53 Å². The van der Waals surface area contributed by atoms with Crippen LogP contribution in [0.2, 0.25) is 0 Å². The monoisotopic (exact) mass is 340 g/mol. The lowest BCUT2D eigenvalue weighted by molar-refractivity contribution is 0.0971. The molecule has 2 amide bonds. The number of aromatic nitrogens is 2. The number of piperidine rings is 1. The van der Waals surface area contributed by atoms with Crippen molar-refractivity contribution in [3.63, 3.8) is 0 Å². The minimum Gasteiger partial charge on any atom is -0.471 e. The van der Waals surface area contributed by atoms with Crippen molar-refractivity contribution in [3.8, 4) is 5.88 Å². The summed E-state index contributed by atoms with van der Waals surface area (Å²) in [6, 6.07) is 13.8. The fraction of sp³-hybridized carbons (Fsp3) is 0.421. The number of benzene rings is 1. The third-order valence-corrected chi connectivity index (χ3v) is 4.26. The quantitative estimate of drug-likeness (QED) is 0.908. The van der Waals surface area contributed by atoms with E-state index in [1.807, 2.05) is 42.2 Å². The average molecular weight is 340 g/mol. The lowest BCUT2D eigenvalue weighted by atomic mass is 10.1. The van der Waals surface area contributed by atoms with Gasteiger partial charge in [-0.2, -0.15) is 5.10 Å². The number of nitrogens with zero attached hydrogens (tertiary/aromatic N) is 3. The van der Waals surface area contributed by atoms with Gasteiger partial charge in [-0.15, -0.1) is 5.10 Å². The Morgan fingerprint density at radius 2 is 2.08 bits per heavy atom. The molecule has 25 heavy (non-hydrogen) atoms. The van der Waals surface area contributed by atoms with E-state index in [-0.39, 0.29) is 12.1 Å². The summed E-state index contributed by atoms with van der Waals surface area (Å²) in [4.78, 5) is 14.2. The predicted octanol–water partition coefficient (Wildman–Crippen LogP) is 2.58. The van der Waals surface area contributed by atoms with E-state index in [9.17, 15) is 4.79 Å². The fourth-order valence-electron chi connectivity index (χ4n) is 2.91. The van der Waals surface area contributed by atoms with Gasteiger partial charge in [0, 0.05) is 19.2 Å². The molecule has 0 spiro atoms. The Hall–Kier alpha value is -2.63. The molecular formula is C19H24N4O2. The van der Waals surface area contributed by atoms with Crippen molar-refractivity contribution in [2.75, 3.05) is 19.6 Å². The molecule has 6 heteroatoms. The van der Waals surface area contributed by atoms with Gasteiger partial charge in [-0.1, -0.05) is 30.3 Å². The number of hydrogen-bond acceptors (Lipinski definition) is 4. The van der Waals surface area contributed by atoms with Crippen LogP contribution >= 0.6 is 0 Å². The number of hydrogen-bond donors (Lipinski definition) is 1. The number of carbonyl (C=O) groups is 1. The van der Waals surface area contributed by atoms with Crippen LogP contribution in [0.4, 0.5) is 4.79 Å². The molecule has 6 nitrogen and oxygen atoms in total. The Balaban J connectivity index is 1.45. The van der Waals surface area contributed by atoms with Crippen LogP contribution < -0.4 is 10.1 Å². The molecule has 1 aromatic heterocycles. The van der Waals surface area contributed by atoms with Crippen LogP contribution in [0.25, 0.3) is 0 Å². The average Bonchev–Trinajstić information content (AvgIpc) is 2.65. The molecule has 1 aliphatic rings. The van der Waals surface area contributed by atoms with E-state index in [2.05, 4.69) is 27.6 Å². The molecule has 132 valence electrons. The second-order valence-corrected chi connectivity index (χ2v) is 6.31. The van der Waals surface area contributed by atoms with Crippen LogP contribution in [-0.4, -0.2) is 46.9 Å². The number of ether oxygens (including phenoxy) is 1. The third-order valence-electron chi connectivity index (χ3n) is 4.26. The number of urea groups is 1. The molecule has 1 atom stereocenters. The van der Waals surface area contributed by atoms with Crippen molar-refractivity contribution in [2.24, 2.45) is 0 Å². The highest BCUT2D eigenvalue weighted by atomic mass is 16.5. The summed E-state index contributed by atoms with van der Waals surface area (Å²) in [6.45, 7) is 3.86. The first-order valence-corrected chi connectivity index (χ1v) is 8.74. The normalized spacial score (nSPS) is 17.2. The number of rotatable bonds is 5. The van der Waals surface area contributed by atoms with Gasteiger partial charge in [-0.3, -0.25) is 0 Å². The first-order valence-electron chi connectivity index (χ1n) is 8.74. The van der Waals surface area contributed by atoms with Gasteiger partial charge in [-0.25, -0.2) is 4.79 Å². The second kappa shape index (κ2) is 8.46. The molecule has 0 aliphatic carbocycles. The molecule has 1 aromatic carbocycles. The molecule has 1 aliphatic heterocycles. The second-order valence-electron chi connectivity index (χ2n) is 6.31. The zero-order valence-electron chi connectivity index (χ0n) is 14.5. The van der Waals surface area contributed by atoms with Crippen molar-refractivity contribution in [2.45, 2.75) is 32.3 Å². The summed E-state index contributed by atoms with van der Waals surface area (Å²) in [7, 11) is 0. The molecule has 1 saturated heterocycles. The third kappa shape index (κ3) is 5.17. The predicted molar refractivity (Wildman–Crippen MR) is 95.5 cm³/mol. The van der Waals surface area contributed by atoms with Crippen LogP contribution in [0.15, 0.2) is 42.5 Å². The Bertz CT molecular complexity index is 676. The Morgan fingerprint density at radius 3 is 2.84 bits per heavy atom. The van der Waals surface area contributed by atoms with E-state index < -0.39 is 0 Å². The van der Waals surface area contributed by atoms with Crippen molar-refractivity contribution in [1.82, 2.24) is 20.4 Å². The summed E-state index contributed by atoms with van der Waals surface area (Å²) >= 11 is 0. The fourth-order valence-corrected chi connectivity index (χ4v) is 2.91. The van der Waals surface area contributed by atoms with E-state index in [4.69, 9.17) is 4.74 Å². The largest absolute Gasteiger partial charge is 0.471 e. The van der Waals surface area contributed by atoms with Crippen molar-refractivity contribution in [3.05, 3.63) is 53.7 Å². The molecule has 2 aromatic rings. The summed E-state index contributed by atoms with van der Waals surface area (Å²) in [6.07, 6.45) is 2.64. The lowest BCUT2D eigenvalue weighted by Crippen LogP contribution is -2.49. The molecule has 0 bridgehead atoms. The smallest absolute Gasteiger partial charge is 0.317 e. The van der Waals surface area contributed by atoms with Crippen molar-refractivity contribution in [1.29, 1.82) is 0 Å². The maximum absolute atomic E-state index is 12.4. The highest BCUT2D eigenvalue weighted by Gasteiger charge is 2.25. The van der Waals surface area contributed by atoms with Crippen LogP contribution in [0.3, 0.4) is 0 Å². The van der Waals surface area contributed by atoms with Crippen molar-refractivity contribution >= 4 is 6.03 Å². The molecule has 0 radical (unpaired) electrons. The zero-order chi connectivity index (χ0) is 17.5. The SMILES string of the molecule is Cc1ccc(O[C@@H]2CCCN(C(=O)NCCc3ccccc3)C2)nn1. The summed E-state index contributed by atoms with van der Waals surface area (Å²) in [5, 5.41) is 11.0. The van der Waals surface area contributed by atoms with Crippen LogP contribution in [0, 0.1) is 6.92 Å². The van der Waals surface area contributed by atoms with E-state index in [0.29, 0.717) is 19.0 Å². The zero-order valence-corrected chi connectivity index (χ0v) is 14.5. The number of aryl methyl sites for hydroxylation is 1. The molecule has 1 N–H and O–H groups in total. The lowest BCUT2D eigenvalue weighted by Gasteiger charge is -2.32. The molecule has 0 saturated carbocycles. The van der Waals surface area contributed by atoms with Gasteiger partial charge in [0.25, 0.3) is 0 Å². The first kappa shape index (κ1) is 17.2. The van der Waals surface area contributed by atoms with Crippen LogP contribution in [0.5, 0.6) is 5.88 Å². The van der Waals surface area contributed by atoms with E-state index in [1.54, 1.807) is 0 Å². The van der Waals surface area contributed by atoms with Gasteiger partial charge >= 0.3 is 6.03 Å². The molecule has 0 unspecified atom stereocenters. The Morgan fingerprint density at radius 1 is 1.24 bits per heavy atom. The van der Waals surface area contributed by atoms with E-state index in [1.165, 1.54) is 5.56 Å². The minimum atomic E-state index is -0.0365. The Labute approximate surface area is 148 Å². The summed E-state index contributed by atoms with van der Waals surface area (Å²) < 4.78 is 5.87. The van der Waals surface area contributed by atoms with Gasteiger partial charge in [0.1, 0.15) is 6.10 Å². The van der Waals surface area contributed by atoms with Gasteiger partial charge < -0.3 is 15.0 Å². The number of carbonyl (C=O) groups excluding carboxylic acids is 1. The maximum Gasteiger partial charge on any atom is 0.317 e. The van der Waals surface area contributed by atoms with Gasteiger partial charge in [0.05, 0.1) is 12.2 Å². The number of nitrogens with one attached hydrogen (secondary N) is 1. The van der Waals surface area contributed by atoms with Crippen LogP contribution in [-0.2, 0) is 6.42 Å². The number of amides is 2. The van der Waals surface area contributed by atoms with E-state index >= 15 is 0 Å². The van der Waals surface area contributed by atoms with Gasteiger partial charge in [0.2, 0.25) is 5.88 Å². The highest BCUT2D eigenvalue weighted by Crippen LogP contribution is 2.16. The molecular weight excluding hydrogens is 316 g/mol. The van der Waals surface area contributed by atoms with Gasteiger partial charge in [-0.05, 0) is 37.8 Å².